The molecule has 2 aromatic heterocycles. The van der Waals surface area contributed by atoms with E-state index < -0.39 is 11.2 Å². The van der Waals surface area contributed by atoms with Crippen LogP contribution < -0.4 is 16.6 Å². The number of aromatic amines is 2. The minimum absolute atomic E-state index is 0.403. The molecule has 2 heterocycles. The van der Waals surface area contributed by atoms with Gasteiger partial charge in [-0.15, -0.1) is 0 Å². The molecular weight excluding hydrogens is 258 g/mol. The zero-order chi connectivity index (χ0) is 14.1. The van der Waals surface area contributed by atoms with E-state index in [0.717, 1.165) is 18.5 Å². The number of H-pyrrole nitrogens is 2. The second-order valence-electron chi connectivity index (χ2n) is 5.07. The molecule has 0 aromatic carbocycles. The van der Waals surface area contributed by atoms with Crippen molar-refractivity contribution in [1.29, 1.82) is 0 Å². The third-order valence-electron chi connectivity index (χ3n) is 3.74. The van der Waals surface area contributed by atoms with Gasteiger partial charge in [-0.2, -0.15) is 5.10 Å². The van der Waals surface area contributed by atoms with E-state index in [1.54, 1.807) is 7.05 Å². The lowest BCUT2D eigenvalue weighted by Crippen LogP contribution is -2.29. The molecule has 0 bridgehead atoms. The standard InChI is InChI=1S/C13H17N5O2/c1-18-11(6-12(19)15-13(18)20)14-7-10-8-4-2-3-5-9(8)16-17-10/h6,14H,2-5,7H2,1H3,(H,16,17)(H,15,19,20). The molecule has 106 valence electrons. The van der Waals surface area contributed by atoms with Crippen molar-refractivity contribution in [3.8, 4) is 0 Å². The summed E-state index contributed by atoms with van der Waals surface area (Å²) in [5.74, 6) is 0.492. The van der Waals surface area contributed by atoms with E-state index in [1.807, 2.05) is 0 Å². The van der Waals surface area contributed by atoms with Crippen LogP contribution in [0.15, 0.2) is 15.7 Å². The minimum atomic E-state index is -0.427. The van der Waals surface area contributed by atoms with Crippen molar-refractivity contribution in [1.82, 2.24) is 19.7 Å². The quantitative estimate of drug-likeness (QED) is 0.750. The Balaban J connectivity index is 1.82. The van der Waals surface area contributed by atoms with Gasteiger partial charge in [0, 0.05) is 18.8 Å². The van der Waals surface area contributed by atoms with Crippen molar-refractivity contribution in [2.45, 2.75) is 32.2 Å². The monoisotopic (exact) mass is 275 g/mol. The largest absolute Gasteiger partial charge is 0.365 e. The first-order chi connectivity index (χ1) is 9.65. The van der Waals surface area contributed by atoms with Crippen LogP contribution in [-0.2, 0) is 26.4 Å². The molecule has 0 unspecified atom stereocenters. The van der Waals surface area contributed by atoms with E-state index in [4.69, 9.17) is 0 Å². The zero-order valence-electron chi connectivity index (χ0n) is 11.3. The molecule has 3 N–H and O–H groups in total. The first-order valence-electron chi connectivity index (χ1n) is 6.74. The summed E-state index contributed by atoms with van der Waals surface area (Å²) in [6.07, 6.45) is 4.47. The highest BCUT2D eigenvalue weighted by Crippen LogP contribution is 2.22. The summed E-state index contributed by atoms with van der Waals surface area (Å²) in [5.41, 5.74) is 2.63. The number of hydrogen-bond acceptors (Lipinski definition) is 4. The normalized spacial score (nSPS) is 14.1. The van der Waals surface area contributed by atoms with E-state index in [0.29, 0.717) is 12.4 Å². The van der Waals surface area contributed by atoms with Crippen molar-refractivity contribution in [3.63, 3.8) is 0 Å². The van der Waals surface area contributed by atoms with Gasteiger partial charge < -0.3 is 5.32 Å². The minimum Gasteiger partial charge on any atom is -0.365 e. The van der Waals surface area contributed by atoms with Crippen molar-refractivity contribution in [2.24, 2.45) is 7.05 Å². The summed E-state index contributed by atoms with van der Waals surface area (Å²) in [5, 5.41) is 10.5. The second-order valence-corrected chi connectivity index (χ2v) is 5.07. The number of aryl methyl sites for hydroxylation is 1. The average molecular weight is 275 g/mol. The van der Waals surface area contributed by atoms with Gasteiger partial charge in [0.15, 0.2) is 0 Å². The Kier molecular flexibility index (Phi) is 3.17. The molecule has 0 aliphatic heterocycles. The number of rotatable bonds is 3. The van der Waals surface area contributed by atoms with Gasteiger partial charge in [-0.1, -0.05) is 0 Å². The maximum absolute atomic E-state index is 11.5. The number of nitrogens with zero attached hydrogens (tertiary/aromatic N) is 2. The summed E-state index contributed by atoms with van der Waals surface area (Å²) in [6, 6.07) is 1.38. The Morgan fingerprint density at radius 1 is 1.35 bits per heavy atom. The zero-order valence-corrected chi connectivity index (χ0v) is 11.3. The molecule has 2 aromatic rings. The maximum Gasteiger partial charge on any atom is 0.329 e. The molecule has 0 radical (unpaired) electrons. The van der Waals surface area contributed by atoms with Crippen molar-refractivity contribution < 1.29 is 0 Å². The summed E-state index contributed by atoms with van der Waals surface area (Å²) in [7, 11) is 1.61. The molecule has 0 saturated heterocycles. The van der Waals surface area contributed by atoms with Crippen molar-refractivity contribution >= 4 is 5.82 Å². The van der Waals surface area contributed by atoms with Crippen LogP contribution in [0.3, 0.4) is 0 Å². The Labute approximate surface area is 115 Å². The second kappa shape index (κ2) is 4.99. The first kappa shape index (κ1) is 12.7. The third kappa shape index (κ3) is 2.26. The van der Waals surface area contributed by atoms with Gasteiger partial charge in [0.25, 0.3) is 5.56 Å². The van der Waals surface area contributed by atoms with Gasteiger partial charge >= 0.3 is 5.69 Å². The Hall–Kier alpha value is -2.31. The van der Waals surface area contributed by atoms with Crippen LogP contribution in [0.4, 0.5) is 5.82 Å². The molecule has 0 amide bonds. The van der Waals surface area contributed by atoms with E-state index in [9.17, 15) is 9.59 Å². The summed E-state index contributed by atoms with van der Waals surface area (Å²) in [6.45, 7) is 0.503. The van der Waals surface area contributed by atoms with Crippen LogP contribution in [-0.4, -0.2) is 19.7 Å². The number of anilines is 1. The fourth-order valence-electron chi connectivity index (χ4n) is 2.60. The topological polar surface area (TPSA) is 95.6 Å². The highest BCUT2D eigenvalue weighted by Gasteiger charge is 2.16. The molecule has 0 fully saturated rings. The lowest BCUT2D eigenvalue weighted by atomic mass is 9.96. The molecule has 1 aliphatic rings. The molecule has 3 rings (SSSR count). The van der Waals surface area contributed by atoms with Crippen molar-refractivity contribution in [3.05, 3.63) is 43.9 Å². The summed E-state index contributed by atoms with van der Waals surface area (Å²) >= 11 is 0. The van der Waals surface area contributed by atoms with Crippen LogP contribution >= 0.6 is 0 Å². The number of aromatic nitrogens is 4. The van der Waals surface area contributed by atoms with Crippen LogP contribution in [0.1, 0.15) is 29.8 Å². The molecule has 7 nitrogen and oxygen atoms in total. The molecule has 7 heteroatoms. The maximum atomic E-state index is 11.5. The fourth-order valence-corrected chi connectivity index (χ4v) is 2.60. The third-order valence-corrected chi connectivity index (χ3v) is 3.74. The van der Waals surface area contributed by atoms with Crippen molar-refractivity contribution in [2.75, 3.05) is 5.32 Å². The molecular formula is C13H17N5O2. The smallest absolute Gasteiger partial charge is 0.329 e. The van der Waals surface area contributed by atoms with E-state index in [2.05, 4.69) is 20.5 Å². The van der Waals surface area contributed by atoms with Crippen LogP contribution in [0.5, 0.6) is 0 Å². The van der Waals surface area contributed by atoms with Crippen LogP contribution in [0.2, 0.25) is 0 Å². The molecule has 0 atom stereocenters. The number of hydrogen-bond donors (Lipinski definition) is 3. The number of nitrogens with one attached hydrogen (secondary N) is 3. The SMILES string of the molecule is Cn1c(NCc2n[nH]c3c2CCCC3)cc(=O)[nH]c1=O. The number of fused-ring (bicyclic) bond motifs is 1. The Bertz CT molecular complexity index is 740. The van der Waals surface area contributed by atoms with Crippen LogP contribution in [0, 0.1) is 0 Å². The lowest BCUT2D eigenvalue weighted by molar-refractivity contribution is 0.672. The van der Waals surface area contributed by atoms with Gasteiger partial charge in [0.2, 0.25) is 0 Å². The van der Waals surface area contributed by atoms with Gasteiger partial charge in [-0.05, 0) is 31.2 Å². The first-order valence-corrected chi connectivity index (χ1v) is 6.74. The Morgan fingerprint density at radius 3 is 3.00 bits per heavy atom. The summed E-state index contributed by atoms with van der Waals surface area (Å²) in [4.78, 5) is 25.0. The molecule has 0 saturated carbocycles. The van der Waals surface area contributed by atoms with Gasteiger partial charge in [-0.25, -0.2) is 4.79 Å². The molecule has 0 spiro atoms. The summed E-state index contributed by atoms with van der Waals surface area (Å²) < 4.78 is 1.38. The van der Waals surface area contributed by atoms with E-state index in [1.165, 1.54) is 34.7 Å². The van der Waals surface area contributed by atoms with Gasteiger partial charge in [0.1, 0.15) is 5.82 Å². The predicted molar refractivity (Wildman–Crippen MR) is 74.9 cm³/mol. The van der Waals surface area contributed by atoms with Gasteiger partial charge in [-0.3, -0.25) is 19.4 Å². The predicted octanol–water partition coefficient (Wildman–Crippen LogP) is 0.288. The van der Waals surface area contributed by atoms with Gasteiger partial charge in [0.05, 0.1) is 12.2 Å². The highest BCUT2D eigenvalue weighted by atomic mass is 16.2. The molecule has 20 heavy (non-hydrogen) atoms. The van der Waals surface area contributed by atoms with E-state index in [-0.39, 0.29) is 0 Å². The molecule has 1 aliphatic carbocycles. The highest BCUT2D eigenvalue weighted by molar-refractivity contribution is 5.36. The Morgan fingerprint density at radius 2 is 2.15 bits per heavy atom. The van der Waals surface area contributed by atoms with Crippen LogP contribution in [0.25, 0.3) is 0 Å². The van der Waals surface area contributed by atoms with E-state index >= 15 is 0 Å². The fraction of sp³-hybridized carbons (Fsp3) is 0.462. The average Bonchev–Trinajstić information content (AvgIpc) is 2.84. The lowest BCUT2D eigenvalue weighted by Gasteiger charge is -2.12.